The summed E-state index contributed by atoms with van der Waals surface area (Å²) >= 11 is 0.687. The van der Waals surface area contributed by atoms with Crippen molar-refractivity contribution >= 4 is 49.0 Å². The largest absolute Gasteiger partial charge is 0.490 e. The summed E-state index contributed by atoms with van der Waals surface area (Å²) in [6.45, 7) is 2.58. The molecule has 266 valence electrons. The van der Waals surface area contributed by atoms with Crippen LogP contribution in [0.15, 0.2) is 30.5 Å². The van der Waals surface area contributed by atoms with Gasteiger partial charge in [0.05, 0.1) is 35.3 Å². The molecule has 1 fully saturated rings. The number of pyridine rings is 1. The molecule has 10 nitrogen and oxygen atoms in total. The van der Waals surface area contributed by atoms with Gasteiger partial charge in [0, 0.05) is 22.7 Å². The van der Waals surface area contributed by atoms with Crippen LogP contribution in [0.3, 0.4) is 0 Å². The Hall–Kier alpha value is -5.01. The lowest BCUT2D eigenvalue weighted by Crippen LogP contribution is -2.35. The van der Waals surface area contributed by atoms with Crippen molar-refractivity contribution in [1.82, 2.24) is 19.9 Å². The number of methoxy groups -OCH3 is 1. The van der Waals surface area contributed by atoms with E-state index in [9.17, 15) is 9.65 Å². The zero-order chi connectivity index (χ0) is 36.0. The van der Waals surface area contributed by atoms with E-state index in [0.717, 1.165) is 51.0 Å². The molecule has 0 aliphatic carbocycles. The third-order valence-electron chi connectivity index (χ3n) is 9.52. The molecule has 0 amide bonds. The smallest absolute Gasteiger partial charge is 0.420 e. The number of benzene rings is 2. The lowest BCUT2D eigenvalue weighted by molar-refractivity contribution is -0.138. The minimum Gasteiger partial charge on any atom is -0.490 e. The van der Waals surface area contributed by atoms with Crippen molar-refractivity contribution in [3.8, 4) is 29.0 Å². The molecule has 3 aromatic heterocycles. The molecule has 0 spiro atoms. The van der Waals surface area contributed by atoms with Crippen LogP contribution in [0.4, 0.5) is 38.6 Å². The van der Waals surface area contributed by atoms with Crippen molar-refractivity contribution < 1.29 is 31.4 Å². The first-order valence-corrected chi connectivity index (χ1v) is 17.3. The fourth-order valence-electron chi connectivity index (χ4n) is 7.28. The second kappa shape index (κ2) is 13.6. The van der Waals surface area contributed by atoms with Gasteiger partial charge >= 0.3 is 12.2 Å². The monoisotopic (exact) mass is 724 g/mol. The van der Waals surface area contributed by atoms with Gasteiger partial charge in [-0.15, -0.1) is 11.3 Å². The first-order chi connectivity index (χ1) is 24.5. The third kappa shape index (κ3) is 6.08. The van der Waals surface area contributed by atoms with E-state index >= 15 is 17.6 Å². The summed E-state index contributed by atoms with van der Waals surface area (Å²) in [4.78, 5) is 17.2. The molecule has 0 unspecified atom stereocenters. The Kier molecular flexibility index (Phi) is 9.19. The summed E-state index contributed by atoms with van der Waals surface area (Å²) in [5.74, 6) is -2.69. The highest BCUT2D eigenvalue weighted by atomic mass is 32.1. The van der Waals surface area contributed by atoms with E-state index in [0.29, 0.717) is 23.3 Å². The highest BCUT2D eigenvalue weighted by molar-refractivity contribution is 7.23. The van der Waals surface area contributed by atoms with E-state index in [-0.39, 0.29) is 62.4 Å². The number of piperidine rings is 1. The summed E-state index contributed by atoms with van der Waals surface area (Å²) in [6, 6.07) is 6.45. The lowest BCUT2D eigenvalue weighted by atomic mass is 9.91. The molecule has 1 atom stereocenters. The van der Waals surface area contributed by atoms with Crippen LogP contribution in [0, 0.1) is 23.0 Å². The zero-order valence-electron chi connectivity index (χ0n) is 27.5. The van der Waals surface area contributed by atoms with Crippen LogP contribution in [0.25, 0.3) is 32.1 Å². The number of likely N-dealkylation sites (tertiary alicyclic amines) is 1. The molecule has 4 N–H and O–H groups in total. The third-order valence-corrected chi connectivity index (χ3v) is 10.6. The van der Waals surface area contributed by atoms with E-state index in [1.165, 1.54) is 13.5 Å². The van der Waals surface area contributed by atoms with E-state index in [1.807, 2.05) is 6.07 Å². The Morgan fingerprint density at radius 2 is 1.86 bits per heavy atom. The Morgan fingerprint density at radius 1 is 1.08 bits per heavy atom. The van der Waals surface area contributed by atoms with Crippen molar-refractivity contribution in [3.63, 3.8) is 0 Å². The number of rotatable bonds is 8. The number of hydrogen-bond donors (Lipinski definition) is 2. The lowest BCUT2D eigenvalue weighted by Gasteiger charge is -2.34. The molecule has 5 aromatic rings. The predicted molar refractivity (Wildman–Crippen MR) is 185 cm³/mol. The van der Waals surface area contributed by atoms with Gasteiger partial charge in [-0.1, -0.05) is 18.6 Å². The first-order valence-electron chi connectivity index (χ1n) is 16.4. The van der Waals surface area contributed by atoms with Crippen molar-refractivity contribution in [3.05, 3.63) is 58.8 Å². The standard InChI is InChI=1S/C35H33F5N8O2S/c1-49-34-45-28-25-29(26(35(38,39)40)24(27(28)37)19-9-10-21(36)30-23(19)20(17-41)32(43)51-30)50-16-15-48(33(25)46-34)22(18-7-5-11-44-31(18)42)8-6-14-47-12-3-2-4-13-47/h5,7,9-11,22H,2-4,6,8,12-16,43H2,1H3,(H2,42,44)/t22-/m1/s1. The molecule has 5 heterocycles. The fourth-order valence-corrected chi connectivity index (χ4v) is 8.23. The van der Waals surface area contributed by atoms with E-state index < -0.39 is 46.2 Å². The molecule has 2 aromatic carbocycles. The summed E-state index contributed by atoms with van der Waals surface area (Å²) < 4.78 is 89.5. The highest BCUT2D eigenvalue weighted by Crippen LogP contribution is 2.54. The SMILES string of the molecule is COc1nc2c3c(c(C(F)(F)F)c(-c4ccc(F)c5sc(N)c(C#N)c45)c(F)c3n1)OCCN2[C@H](CCCN1CCCCC1)c1cccnc1N. The van der Waals surface area contributed by atoms with Crippen LogP contribution in [-0.4, -0.2) is 59.7 Å². The second-order valence-electron chi connectivity index (χ2n) is 12.5. The number of hydrogen-bond acceptors (Lipinski definition) is 11. The number of nitrogen functional groups attached to an aromatic ring is 2. The van der Waals surface area contributed by atoms with Crippen LogP contribution in [0.5, 0.6) is 11.8 Å². The Balaban J connectivity index is 1.48. The maximum absolute atomic E-state index is 17.1. The fraction of sp³-hybridized carbons (Fsp3) is 0.371. The quantitative estimate of drug-likeness (QED) is 0.155. The number of aromatic nitrogens is 3. The number of fused-ring (bicyclic) bond motifs is 1. The first kappa shape index (κ1) is 34.4. The summed E-state index contributed by atoms with van der Waals surface area (Å²) in [7, 11) is 1.27. The van der Waals surface area contributed by atoms with Crippen LogP contribution >= 0.6 is 11.3 Å². The number of thiophene rings is 1. The highest BCUT2D eigenvalue weighted by Gasteiger charge is 2.44. The molecular formula is C35H33F5N8O2S. The van der Waals surface area contributed by atoms with E-state index in [4.69, 9.17) is 20.9 Å². The minimum atomic E-state index is -5.19. The topological polar surface area (TPSA) is 139 Å². The van der Waals surface area contributed by atoms with Gasteiger partial charge in [0.1, 0.15) is 52.0 Å². The zero-order valence-corrected chi connectivity index (χ0v) is 28.3. The molecule has 0 saturated carbocycles. The van der Waals surface area contributed by atoms with Crippen molar-refractivity contribution in [2.24, 2.45) is 0 Å². The van der Waals surface area contributed by atoms with Gasteiger partial charge in [0.25, 0.3) is 0 Å². The predicted octanol–water partition coefficient (Wildman–Crippen LogP) is 7.45. The normalized spacial score (nSPS) is 15.8. The van der Waals surface area contributed by atoms with Gasteiger partial charge in [0.2, 0.25) is 0 Å². The van der Waals surface area contributed by atoms with E-state index in [2.05, 4.69) is 19.9 Å². The van der Waals surface area contributed by atoms with E-state index in [1.54, 1.807) is 23.2 Å². The van der Waals surface area contributed by atoms with Gasteiger partial charge in [-0.3, -0.25) is 0 Å². The summed E-state index contributed by atoms with van der Waals surface area (Å²) in [5, 5.41) is 9.20. The maximum atomic E-state index is 17.1. The second-order valence-corrected chi connectivity index (χ2v) is 13.5. The number of nitrogens with two attached hydrogens (primary N) is 2. The van der Waals surface area contributed by atoms with Gasteiger partial charge in [-0.25, -0.2) is 13.8 Å². The van der Waals surface area contributed by atoms with Crippen LogP contribution in [0.2, 0.25) is 0 Å². The molecule has 0 radical (unpaired) electrons. The molecule has 51 heavy (non-hydrogen) atoms. The average Bonchev–Trinajstić information content (AvgIpc) is 3.35. The van der Waals surface area contributed by atoms with Crippen molar-refractivity contribution in [1.29, 1.82) is 5.26 Å². The molecule has 7 rings (SSSR count). The van der Waals surface area contributed by atoms with Gasteiger partial charge in [-0.2, -0.15) is 28.4 Å². The number of alkyl halides is 3. The number of halogens is 5. The van der Waals surface area contributed by atoms with Crippen LogP contribution < -0.4 is 25.8 Å². The number of anilines is 3. The molecule has 2 aliphatic heterocycles. The molecule has 16 heteroatoms. The van der Waals surface area contributed by atoms with Crippen LogP contribution in [0.1, 0.15) is 54.8 Å². The van der Waals surface area contributed by atoms with Gasteiger partial charge in [-0.05, 0) is 63.0 Å². The molecule has 1 saturated heterocycles. The van der Waals surface area contributed by atoms with Crippen LogP contribution in [-0.2, 0) is 6.18 Å². The van der Waals surface area contributed by atoms with Crippen molar-refractivity contribution in [2.75, 3.05) is 56.3 Å². The summed E-state index contributed by atoms with van der Waals surface area (Å²) in [6.07, 6.45) is 1.03. The number of nitriles is 1. The van der Waals surface area contributed by atoms with Gasteiger partial charge < -0.3 is 30.7 Å². The Labute approximate surface area is 293 Å². The number of nitrogens with zero attached hydrogens (tertiary/aromatic N) is 6. The Morgan fingerprint density at radius 3 is 2.57 bits per heavy atom. The molecular weight excluding hydrogens is 691 g/mol. The Bertz CT molecular complexity index is 2180. The molecule has 0 bridgehead atoms. The number of ether oxygens (including phenoxy) is 2. The van der Waals surface area contributed by atoms with Gasteiger partial charge in [0.15, 0.2) is 5.82 Å². The van der Waals surface area contributed by atoms with Crippen molar-refractivity contribution in [2.45, 2.75) is 44.3 Å². The molecule has 2 aliphatic rings. The summed E-state index contributed by atoms with van der Waals surface area (Å²) in [5.41, 5.74) is 9.44. The maximum Gasteiger partial charge on any atom is 0.420 e. The minimum absolute atomic E-state index is 0.0340. The average molecular weight is 725 g/mol.